The van der Waals surface area contributed by atoms with Crippen molar-refractivity contribution in [1.29, 1.82) is 0 Å². The van der Waals surface area contributed by atoms with E-state index in [4.69, 9.17) is 9.97 Å². The summed E-state index contributed by atoms with van der Waals surface area (Å²) >= 11 is 3.21. The van der Waals surface area contributed by atoms with Gasteiger partial charge in [-0.2, -0.15) is 4.98 Å². The summed E-state index contributed by atoms with van der Waals surface area (Å²) in [5, 5.41) is 7.97. The van der Waals surface area contributed by atoms with Gasteiger partial charge in [0.25, 0.3) is 0 Å². The van der Waals surface area contributed by atoms with E-state index < -0.39 is 6.36 Å². The molecule has 0 saturated heterocycles. The Balaban J connectivity index is 1.24. The molecule has 1 fully saturated rings. The third-order valence-electron chi connectivity index (χ3n) is 6.45. The molecule has 194 valence electrons. The number of ether oxygens (including phenoxy) is 1. The highest BCUT2D eigenvalue weighted by molar-refractivity contribution is 9.10. The highest BCUT2D eigenvalue weighted by Crippen LogP contribution is 2.30. The number of aromatic nitrogens is 2. The van der Waals surface area contributed by atoms with Crippen LogP contribution in [0.25, 0.3) is 10.9 Å². The molecule has 3 aromatic rings. The van der Waals surface area contributed by atoms with E-state index in [9.17, 15) is 13.2 Å². The lowest BCUT2D eigenvalue weighted by molar-refractivity contribution is -0.274. The molecule has 0 amide bonds. The van der Waals surface area contributed by atoms with Crippen LogP contribution in [0.5, 0.6) is 5.75 Å². The Morgan fingerprint density at radius 3 is 2.53 bits per heavy atom. The second-order valence-corrected chi connectivity index (χ2v) is 10.3. The van der Waals surface area contributed by atoms with E-state index in [0.717, 1.165) is 48.9 Å². The number of halogens is 4. The number of fused-ring (bicyclic) bond motifs is 1. The van der Waals surface area contributed by atoms with Crippen molar-refractivity contribution in [3.05, 3.63) is 52.5 Å². The molecule has 0 unspecified atom stereocenters. The molecule has 1 saturated carbocycles. The van der Waals surface area contributed by atoms with Gasteiger partial charge in [-0.25, -0.2) is 4.98 Å². The Hall–Kier alpha value is -2.59. The summed E-state index contributed by atoms with van der Waals surface area (Å²) in [5.74, 6) is 1.94. The molecular formula is C26H31BrF3N5O. The van der Waals surface area contributed by atoms with Gasteiger partial charge in [-0.05, 0) is 80.9 Å². The molecule has 6 nitrogen and oxygen atoms in total. The minimum Gasteiger partial charge on any atom is -0.405 e. The number of para-hydroxylation sites is 1. The van der Waals surface area contributed by atoms with Crippen molar-refractivity contribution >= 4 is 38.6 Å². The molecule has 1 aromatic heterocycles. The van der Waals surface area contributed by atoms with Gasteiger partial charge < -0.3 is 20.3 Å². The van der Waals surface area contributed by atoms with Gasteiger partial charge in [-0.1, -0.05) is 34.1 Å². The quantitative estimate of drug-likeness (QED) is 0.303. The van der Waals surface area contributed by atoms with Gasteiger partial charge in [-0.3, -0.25) is 0 Å². The monoisotopic (exact) mass is 565 g/mol. The fourth-order valence-corrected chi connectivity index (χ4v) is 4.98. The van der Waals surface area contributed by atoms with E-state index in [-0.39, 0.29) is 5.75 Å². The Morgan fingerprint density at radius 2 is 1.81 bits per heavy atom. The van der Waals surface area contributed by atoms with Gasteiger partial charge in [0.2, 0.25) is 5.95 Å². The van der Waals surface area contributed by atoms with Crippen molar-refractivity contribution in [2.75, 3.05) is 37.4 Å². The standard InChI is InChI=1S/C26H31BrF3N5O/c1-35(2)24-21-5-3-4-6-22(21)33-25(34-24)32-20-11-7-17(8-12-20)16-31-14-13-18-9-10-19(27)15-23(18)36-26(28,29)30/h3-6,9-10,15,17,20,31H,7-8,11-14,16H2,1-2H3,(H,32,33,34). The zero-order chi connectivity index (χ0) is 25.7. The van der Waals surface area contributed by atoms with E-state index in [1.54, 1.807) is 12.1 Å². The lowest BCUT2D eigenvalue weighted by Crippen LogP contribution is -2.32. The van der Waals surface area contributed by atoms with Crippen molar-refractivity contribution < 1.29 is 17.9 Å². The van der Waals surface area contributed by atoms with Crippen LogP contribution in [0.3, 0.4) is 0 Å². The number of benzene rings is 2. The van der Waals surface area contributed by atoms with Crippen LogP contribution >= 0.6 is 15.9 Å². The minimum atomic E-state index is -4.71. The molecule has 36 heavy (non-hydrogen) atoms. The maximum Gasteiger partial charge on any atom is 0.573 e. The van der Waals surface area contributed by atoms with Crippen LogP contribution in [-0.4, -0.2) is 49.6 Å². The third kappa shape index (κ3) is 7.22. The summed E-state index contributed by atoms with van der Waals surface area (Å²) in [6, 6.07) is 13.1. The van der Waals surface area contributed by atoms with Crippen LogP contribution in [0.1, 0.15) is 31.2 Å². The van der Waals surface area contributed by atoms with Gasteiger partial charge in [-0.15, -0.1) is 13.2 Å². The summed E-state index contributed by atoms with van der Waals surface area (Å²) in [5.41, 5.74) is 1.45. The topological polar surface area (TPSA) is 62.3 Å². The molecule has 1 aliphatic rings. The van der Waals surface area contributed by atoms with E-state index in [2.05, 4.69) is 31.3 Å². The van der Waals surface area contributed by atoms with Gasteiger partial charge in [0.05, 0.1) is 5.52 Å². The molecule has 10 heteroatoms. The normalized spacial score (nSPS) is 18.3. The van der Waals surface area contributed by atoms with E-state index >= 15 is 0 Å². The molecule has 4 rings (SSSR count). The van der Waals surface area contributed by atoms with Gasteiger partial charge >= 0.3 is 6.36 Å². The Bertz CT molecular complexity index is 1170. The molecule has 1 heterocycles. The molecule has 0 atom stereocenters. The lowest BCUT2D eigenvalue weighted by atomic mass is 9.86. The molecule has 0 bridgehead atoms. The number of rotatable bonds is 9. The number of alkyl halides is 3. The van der Waals surface area contributed by atoms with E-state index in [1.807, 2.05) is 43.3 Å². The average molecular weight is 566 g/mol. The number of nitrogens with zero attached hydrogens (tertiary/aromatic N) is 3. The predicted molar refractivity (Wildman–Crippen MR) is 141 cm³/mol. The van der Waals surface area contributed by atoms with E-state index in [1.165, 1.54) is 6.07 Å². The first-order valence-corrected chi connectivity index (χ1v) is 12.9. The second-order valence-electron chi connectivity index (χ2n) is 9.40. The Morgan fingerprint density at radius 1 is 1.06 bits per heavy atom. The van der Waals surface area contributed by atoms with Gasteiger partial charge in [0, 0.05) is 30.0 Å². The molecule has 2 N–H and O–H groups in total. The zero-order valence-electron chi connectivity index (χ0n) is 20.4. The van der Waals surface area contributed by atoms with Crippen LogP contribution < -0.4 is 20.3 Å². The molecule has 0 radical (unpaired) electrons. The van der Waals surface area contributed by atoms with Crippen molar-refractivity contribution in [1.82, 2.24) is 15.3 Å². The smallest absolute Gasteiger partial charge is 0.405 e. The predicted octanol–water partition coefficient (Wildman–Crippen LogP) is 6.16. The highest BCUT2D eigenvalue weighted by Gasteiger charge is 2.32. The summed E-state index contributed by atoms with van der Waals surface area (Å²) < 4.78 is 42.9. The zero-order valence-corrected chi connectivity index (χ0v) is 22.0. The summed E-state index contributed by atoms with van der Waals surface area (Å²) in [7, 11) is 3.97. The fourth-order valence-electron chi connectivity index (χ4n) is 4.64. The molecule has 2 aromatic carbocycles. The number of anilines is 2. The van der Waals surface area contributed by atoms with Crippen molar-refractivity contribution in [2.45, 2.75) is 44.5 Å². The number of nitrogens with one attached hydrogen (secondary N) is 2. The Kier molecular flexibility index (Phi) is 8.56. The molecular weight excluding hydrogens is 535 g/mol. The maximum absolute atomic E-state index is 12.7. The average Bonchev–Trinajstić information content (AvgIpc) is 2.82. The van der Waals surface area contributed by atoms with Crippen molar-refractivity contribution in [3.63, 3.8) is 0 Å². The second kappa shape index (κ2) is 11.6. The summed E-state index contributed by atoms with van der Waals surface area (Å²) in [6.45, 7) is 1.43. The molecule has 1 aliphatic carbocycles. The van der Waals surface area contributed by atoms with Gasteiger partial charge in [0.1, 0.15) is 11.6 Å². The molecule has 0 aliphatic heterocycles. The molecule has 0 spiro atoms. The lowest BCUT2D eigenvalue weighted by Gasteiger charge is -2.29. The SMILES string of the molecule is CN(C)c1nc(NC2CCC(CNCCc3ccc(Br)cc3OC(F)(F)F)CC2)nc2ccccc12. The summed E-state index contributed by atoms with van der Waals surface area (Å²) in [6.07, 6.45) is -0.0596. The largest absolute Gasteiger partial charge is 0.573 e. The Labute approximate surface area is 217 Å². The van der Waals surface area contributed by atoms with Crippen LogP contribution in [0.4, 0.5) is 24.9 Å². The minimum absolute atomic E-state index is 0.154. The van der Waals surface area contributed by atoms with Crippen molar-refractivity contribution in [3.8, 4) is 5.75 Å². The summed E-state index contributed by atoms with van der Waals surface area (Å²) in [4.78, 5) is 11.5. The van der Waals surface area contributed by atoms with E-state index in [0.29, 0.717) is 40.9 Å². The first kappa shape index (κ1) is 26.5. The fraction of sp³-hybridized carbons (Fsp3) is 0.462. The highest BCUT2D eigenvalue weighted by atomic mass is 79.9. The van der Waals surface area contributed by atoms with Crippen LogP contribution in [-0.2, 0) is 6.42 Å². The number of hydrogen-bond donors (Lipinski definition) is 2. The van der Waals surface area contributed by atoms with Crippen LogP contribution in [0.2, 0.25) is 0 Å². The maximum atomic E-state index is 12.7. The number of hydrogen-bond acceptors (Lipinski definition) is 6. The third-order valence-corrected chi connectivity index (χ3v) is 6.94. The first-order chi connectivity index (χ1) is 17.2. The first-order valence-electron chi connectivity index (χ1n) is 12.1. The van der Waals surface area contributed by atoms with Crippen LogP contribution in [0, 0.1) is 5.92 Å². The van der Waals surface area contributed by atoms with Crippen molar-refractivity contribution in [2.24, 2.45) is 5.92 Å². The van der Waals surface area contributed by atoms with Crippen LogP contribution in [0.15, 0.2) is 46.9 Å². The van der Waals surface area contributed by atoms with Gasteiger partial charge in [0.15, 0.2) is 0 Å².